The van der Waals surface area contributed by atoms with Crippen molar-refractivity contribution in [3.05, 3.63) is 29.8 Å². The van der Waals surface area contributed by atoms with Gasteiger partial charge in [0.05, 0.1) is 0 Å². The van der Waals surface area contributed by atoms with Crippen LogP contribution in [-0.2, 0) is 20.7 Å². The molecule has 0 aromatic heterocycles. The lowest BCUT2D eigenvalue weighted by Crippen LogP contribution is -2.45. The van der Waals surface area contributed by atoms with E-state index in [1.54, 1.807) is 12.0 Å². The second-order valence-corrected chi connectivity index (χ2v) is 6.02. The van der Waals surface area contributed by atoms with Crippen molar-refractivity contribution in [1.29, 1.82) is 0 Å². The Morgan fingerprint density at radius 2 is 2.09 bits per heavy atom. The second-order valence-electron chi connectivity index (χ2n) is 6.02. The van der Waals surface area contributed by atoms with Gasteiger partial charge in [0, 0.05) is 32.5 Å². The molecule has 5 nitrogen and oxygen atoms in total. The monoisotopic (exact) mass is 302 g/mol. The van der Waals surface area contributed by atoms with Gasteiger partial charge in [-0.1, -0.05) is 18.2 Å². The summed E-state index contributed by atoms with van der Waals surface area (Å²) in [5.41, 5.74) is 1.32. The van der Waals surface area contributed by atoms with Crippen LogP contribution < -0.4 is 10.2 Å². The van der Waals surface area contributed by atoms with Crippen LogP contribution in [0.3, 0.4) is 0 Å². The Balaban J connectivity index is 1.66. The largest absolute Gasteiger partial charge is 0.385 e. The Kier molecular flexibility index (Phi) is 4.16. The predicted octanol–water partition coefficient (Wildman–Crippen LogP) is 1.51. The van der Waals surface area contributed by atoms with Gasteiger partial charge in [0.2, 0.25) is 11.8 Å². The van der Waals surface area contributed by atoms with Crippen LogP contribution in [0.25, 0.3) is 0 Å². The number of benzene rings is 1. The van der Waals surface area contributed by atoms with E-state index in [1.807, 2.05) is 24.3 Å². The molecule has 1 aromatic rings. The molecular formula is C17H22N2O3. The quantitative estimate of drug-likeness (QED) is 0.640. The molecule has 3 rings (SSSR count). The Morgan fingerprint density at radius 1 is 1.32 bits per heavy atom. The number of carbonyl (C=O) groups excluding carboxylic acids is 2. The molecule has 5 heteroatoms. The minimum atomic E-state index is -0.829. The third-order valence-corrected chi connectivity index (χ3v) is 4.54. The lowest BCUT2D eigenvalue weighted by Gasteiger charge is -2.23. The Labute approximate surface area is 130 Å². The zero-order valence-corrected chi connectivity index (χ0v) is 12.9. The van der Waals surface area contributed by atoms with Crippen LogP contribution in [0.5, 0.6) is 0 Å². The van der Waals surface area contributed by atoms with Crippen LogP contribution in [0.15, 0.2) is 24.3 Å². The predicted molar refractivity (Wildman–Crippen MR) is 83.7 cm³/mol. The Bertz CT molecular complexity index is 581. The van der Waals surface area contributed by atoms with E-state index in [4.69, 9.17) is 4.74 Å². The highest BCUT2D eigenvalue weighted by Crippen LogP contribution is 2.49. The maximum absolute atomic E-state index is 12.9. The molecule has 2 amide bonds. The van der Waals surface area contributed by atoms with Crippen molar-refractivity contribution in [2.24, 2.45) is 5.41 Å². The maximum Gasteiger partial charge on any atom is 0.242 e. The molecule has 1 N–H and O–H groups in total. The van der Waals surface area contributed by atoms with Gasteiger partial charge >= 0.3 is 0 Å². The van der Waals surface area contributed by atoms with Crippen LogP contribution in [0.1, 0.15) is 24.8 Å². The van der Waals surface area contributed by atoms with Crippen LogP contribution in [0, 0.1) is 5.41 Å². The normalized spacial score (nSPS) is 18.0. The number of amides is 2. The first kappa shape index (κ1) is 15.0. The highest BCUT2D eigenvalue weighted by Gasteiger charge is 2.58. The van der Waals surface area contributed by atoms with Gasteiger partial charge in [-0.05, 0) is 37.3 Å². The minimum Gasteiger partial charge on any atom is -0.385 e. The summed E-state index contributed by atoms with van der Waals surface area (Å²) >= 11 is 0. The zero-order valence-electron chi connectivity index (χ0n) is 12.9. The van der Waals surface area contributed by atoms with E-state index in [0.717, 1.165) is 18.5 Å². The molecule has 2 aliphatic rings. The third-order valence-electron chi connectivity index (χ3n) is 4.54. The Morgan fingerprint density at radius 3 is 2.82 bits per heavy atom. The van der Waals surface area contributed by atoms with Crippen molar-refractivity contribution in [2.75, 3.05) is 31.7 Å². The SMILES string of the molecule is COCCCNC(=O)C1(C(=O)N2CCc3ccccc32)CC1. The van der Waals surface area contributed by atoms with Gasteiger partial charge in [-0.3, -0.25) is 9.59 Å². The van der Waals surface area contributed by atoms with Gasteiger partial charge in [-0.2, -0.15) is 0 Å². The average Bonchev–Trinajstić information content (AvgIpc) is 3.24. The molecule has 1 heterocycles. The molecule has 0 radical (unpaired) electrons. The maximum atomic E-state index is 12.9. The van der Waals surface area contributed by atoms with E-state index in [2.05, 4.69) is 5.32 Å². The molecule has 118 valence electrons. The smallest absolute Gasteiger partial charge is 0.242 e. The molecule has 1 fully saturated rings. The van der Waals surface area contributed by atoms with Crippen LogP contribution in [0.4, 0.5) is 5.69 Å². The van der Waals surface area contributed by atoms with E-state index < -0.39 is 5.41 Å². The van der Waals surface area contributed by atoms with Crippen molar-refractivity contribution in [3.8, 4) is 0 Å². The topological polar surface area (TPSA) is 58.6 Å². The molecule has 1 aliphatic heterocycles. The van der Waals surface area contributed by atoms with Gasteiger partial charge in [0.1, 0.15) is 5.41 Å². The molecular weight excluding hydrogens is 280 g/mol. The van der Waals surface area contributed by atoms with E-state index in [1.165, 1.54) is 5.56 Å². The highest BCUT2D eigenvalue weighted by molar-refractivity contribution is 6.14. The molecule has 0 atom stereocenters. The molecule has 1 saturated carbocycles. The van der Waals surface area contributed by atoms with Crippen LogP contribution in [-0.4, -0.2) is 38.6 Å². The first-order valence-electron chi connectivity index (χ1n) is 7.86. The number of ether oxygens (including phenoxy) is 1. The number of methoxy groups -OCH3 is 1. The molecule has 1 aliphatic carbocycles. The number of hydrogen-bond acceptors (Lipinski definition) is 3. The van der Waals surface area contributed by atoms with Crippen molar-refractivity contribution < 1.29 is 14.3 Å². The summed E-state index contributed by atoms with van der Waals surface area (Å²) in [6.45, 7) is 1.84. The number of rotatable bonds is 6. The van der Waals surface area contributed by atoms with Gasteiger partial charge < -0.3 is 15.0 Å². The summed E-state index contributed by atoms with van der Waals surface area (Å²) in [6.07, 6.45) is 2.94. The molecule has 1 aromatic carbocycles. The number of hydrogen-bond donors (Lipinski definition) is 1. The zero-order chi connectivity index (χ0) is 15.6. The fraction of sp³-hybridized carbons (Fsp3) is 0.529. The van der Waals surface area contributed by atoms with E-state index in [9.17, 15) is 9.59 Å². The molecule has 0 unspecified atom stereocenters. The number of carbonyl (C=O) groups is 2. The van der Waals surface area contributed by atoms with Crippen molar-refractivity contribution >= 4 is 17.5 Å². The van der Waals surface area contributed by atoms with Gasteiger partial charge in [-0.25, -0.2) is 0 Å². The number of nitrogens with one attached hydrogen (secondary N) is 1. The van der Waals surface area contributed by atoms with E-state index in [0.29, 0.717) is 32.5 Å². The van der Waals surface area contributed by atoms with Gasteiger partial charge in [0.15, 0.2) is 0 Å². The molecule has 0 saturated heterocycles. The summed E-state index contributed by atoms with van der Waals surface area (Å²) in [6, 6.07) is 7.94. The second kappa shape index (κ2) is 6.08. The number of fused-ring (bicyclic) bond motifs is 1. The molecule has 22 heavy (non-hydrogen) atoms. The summed E-state index contributed by atoms with van der Waals surface area (Å²) in [5.74, 6) is -0.167. The summed E-state index contributed by atoms with van der Waals surface area (Å²) in [5, 5.41) is 2.88. The van der Waals surface area contributed by atoms with Gasteiger partial charge in [-0.15, -0.1) is 0 Å². The third kappa shape index (κ3) is 2.61. The summed E-state index contributed by atoms with van der Waals surface area (Å²) in [4.78, 5) is 27.1. The van der Waals surface area contributed by atoms with Crippen LogP contribution >= 0.6 is 0 Å². The lowest BCUT2D eigenvalue weighted by molar-refractivity contribution is -0.135. The highest BCUT2D eigenvalue weighted by atomic mass is 16.5. The summed E-state index contributed by atoms with van der Waals surface area (Å²) < 4.78 is 4.97. The van der Waals surface area contributed by atoms with Crippen molar-refractivity contribution in [2.45, 2.75) is 25.7 Å². The first-order valence-corrected chi connectivity index (χ1v) is 7.86. The lowest BCUT2D eigenvalue weighted by atomic mass is 10.0. The minimum absolute atomic E-state index is 0.0401. The van der Waals surface area contributed by atoms with Crippen LogP contribution in [0.2, 0.25) is 0 Å². The fourth-order valence-corrected chi connectivity index (χ4v) is 3.06. The van der Waals surface area contributed by atoms with Gasteiger partial charge in [0.25, 0.3) is 0 Å². The number of para-hydroxylation sites is 1. The Hall–Kier alpha value is -1.88. The van der Waals surface area contributed by atoms with Crippen molar-refractivity contribution in [3.63, 3.8) is 0 Å². The van der Waals surface area contributed by atoms with E-state index in [-0.39, 0.29) is 11.8 Å². The number of anilines is 1. The number of nitrogens with zero attached hydrogens (tertiary/aromatic N) is 1. The first-order chi connectivity index (χ1) is 10.7. The van der Waals surface area contributed by atoms with Crippen molar-refractivity contribution in [1.82, 2.24) is 5.32 Å². The standard InChI is InChI=1S/C17H22N2O3/c1-22-12-4-10-18-15(20)17(8-9-17)16(21)19-11-7-13-5-2-3-6-14(13)19/h2-3,5-6H,4,7-12H2,1H3,(H,18,20). The molecule has 0 bridgehead atoms. The van der Waals surface area contributed by atoms with E-state index >= 15 is 0 Å². The average molecular weight is 302 g/mol. The molecule has 0 spiro atoms. The fourth-order valence-electron chi connectivity index (χ4n) is 3.06. The summed E-state index contributed by atoms with van der Waals surface area (Å²) in [7, 11) is 1.64.